The summed E-state index contributed by atoms with van der Waals surface area (Å²) < 4.78 is 27.4. The highest BCUT2D eigenvalue weighted by Crippen LogP contribution is 2.31. The summed E-state index contributed by atoms with van der Waals surface area (Å²) in [5, 5.41) is 9.33. The number of hydrogen-bond acceptors (Lipinski definition) is 4. The van der Waals surface area contributed by atoms with E-state index in [1.54, 1.807) is 19.1 Å². The highest BCUT2D eigenvalue weighted by Gasteiger charge is 2.39. The number of nitriles is 1. The summed E-state index contributed by atoms with van der Waals surface area (Å²) in [4.78, 5) is 0.0610. The van der Waals surface area contributed by atoms with Crippen LogP contribution in [0.5, 0.6) is 0 Å². The molecular formula is C18H20ClN3O2S. The van der Waals surface area contributed by atoms with Crippen molar-refractivity contribution in [3.05, 3.63) is 65.2 Å². The molecule has 0 bridgehead atoms. The molecule has 0 radical (unpaired) electrons. The molecule has 1 saturated heterocycles. The van der Waals surface area contributed by atoms with Crippen LogP contribution in [-0.2, 0) is 10.0 Å². The molecule has 7 heteroatoms. The summed E-state index contributed by atoms with van der Waals surface area (Å²) in [6.07, 6.45) is 0. The Morgan fingerprint density at radius 2 is 1.80 bits per heavy atom. The first kappa shape index (κ1) is 19.4. The maximum Gasteiger partial charge on any atom is 0.244 e. The fraction of sp³-hybridized carbons (Fsp3) is 0.278. The van der Waals surface area contributed by atoms with Gasteiger partial charge in [-0.1, -0.05) is 42.5 Å². The molecule has 132 valence electrons. The van der Waals surface area contributed by atoms with Crippen LogP contribution >= 0.6 is 12.4 Å². The van der Waals surface area contributed by atoms with E-state index in [4.69, 9.17) is 5.73 Å². The van der Waals surface area contributed by atoms with Gasteiger partial charge in [0.2, 0.25) is 10.0 Å². The van der Waals surface area contributed by atoms with Gasteiger partial charge in [0.05, 0.1) is 5.56 Å². The summed E-state index contributed by atoms with van der Waals surface area (Å²) in [6.45, 7) is 2.31. The molecule has 2 atom stereocenters. The summed E-state index contributed by atoms with van der Waals surface area (Å²) in [7, 11) is -3.75. The molecule has 1 aliphatic rings. The lowest BCUT2D eigenvalue weighted by atomic mass is 9.95. The van der Waals surface area contributed by atoms with Crippen LogP contribution in [0.25, 0.3) is 0 Å². The van der Waals surface area contributed by atoms with Crippen molar-refractivity contribution in [3.63, 3.8) is 0 Å². The maximum absolute atomic E-state index is 13.0. The average molecular weight is 378 g/mol. The standard InChI is InChI=1S/C18H19N3O2S.ClH/c1-13-6-5-9-18(15(13)10-19)24(22,23)21-11-16(17(20)12-21)14-7-3-2-4-8-14;/h2-9,16-17H,11-12,20H2,1H3;1H/t16-,17+;/m0./s1. The SMILES string of the molecule is Cc1cccc(S(=O)(=O)N2C[C@@H](N)[C@H](c3ccccc3)C2)c1C#N.Cl. The van der Waals surface area contributed by atoms with Gasteiger partial charge >= 0.3 is 0 Å². The molecular weight excluding hydrogens is 358 g/mol. The number of nitrogens with two attached hydrogens (primary N) is 1. The van der Waals surface area contributed by atoms with E-state index in [9.17, 15) is 13.7 Å². The monoisotopic (exact) mass is 377 g/mol. The van der Waals surface area contributed by atoms with Crippen LogP contribution in [0.15, 0.2) is 53.4 Å². The van der Waals surface area contributed by atoms with Crippen LogP contribution in [0.2, 0.25) is 0 Å². The fourth-order valence-electron chi connectivity index (χ4n) is 3.18. The number of benzene rings is 2. The molecule has 2 aromatic carbocycles. The third-order valence-corrected chi connectivity index (χ3v) is 6.40. The van der Waals surface area contributed by atoms with Crippen LogP contribution in [0.3, 0.4) is 0 Å². The predicted octanol–water partition coefficient (Wildman–Crippen LogP) is 2.40. The predicted molar refractivity (Wildman–Crippen MR) is 99.1 cm³/mol. The summed E-state index contributed by atoms with van der Waals surface area (Å²) >= 11 is 0. The Morgan fingerprint density at radius 1 is 1.12 bits per heavy atom. The van der Waals surface area contributed by atoms with Gasteiger partial charge in [-0.15, -0.1) is 12.4 Å². The molecule has 2 N–H and O–H groups in total. The first-order valence-corrected chi connectivity index (χ1v) is 9.19. The average Bonchev–Trinajstić information content (AvgIpc) is 2.98. The van der Waals surface area contributed by atoms with Crippen molar-refractivity contribution < 1.29 is 8.42 Å². The number of nitrogens with zero attached hydrogens (tertiary/aromatic N) is 2. The Labute approximate surface area is 154 Å². The van der Waals surface area contributed by atoms with Crippen LogP contribution in [0, 0.1) is 18.3 Å². The van der Waals surface area contributed by atoms with Crippen LogP contribution in [-0.4, -0.2) is 31.9 Å². The highest BCUT2D eigenvalue weighted by molar-refractivity contribution is 7.89. The second-order valence-electron chi connectivity index (χ2n) is 6.06. The largest absolute Gasteiger partial charge is 0.326 e. The number of hydrogen-bond donors (Lipinski definition) is 1. The van der Waals surface area contributed by atoms with Gasteiger partial charge in [-0.2, -0.15) is 9.57 Å². The van der Waals surface area contributed by atoms with Gasteiger partial charge in [-0.05, 0) is 24.1 Å². The normalized spacial score (nSPS) is 20.7. The summed E-state index contributed by atoms with van der Waals surface area (Å²) in [5.41, 5.74) is 8.10. The lowest BCUT2D eigenvalue weighted by Gasteiger charge is -2.18. The van der Waals surface area contributed by atoms with Crippen molar-refractivity contribution in [2.24, 2.45) is 5.73 Å². The zero-order chi connectivity index (χ0) is 17.3. The van der Waals surface area contributed by atoms with Gasteiger partial charge in [-0.3, -0.25) is 0 Å². The first-order valence-electron chi connectivity index (χ1n) is 7.75. The molecule has 2 aromatic rings. The van der Waals surface area contributed by atoms with E-state index < -0.39 is 10.0 Å². The third kappa shape index (κ3) is 3.55. The Balaban J connectivity index is 0.00000225. The molecule has 0 aliphatic carbocycles. The van der Waals surface area contributed by atoms with E-state index in [0.717, 1.165) is 5.56 Å². The van der Waals surface area contributed by atoms with Gasteiger partial charge in [0, 0.05) is 25.0 Å². The lowest BCUT2D eigenvalue weighted by Crippen LogP contribution is -2.32. The zero-order valence-electron chi connectivity index (χ0n) is 13.8. The molecule has 0 spiro atoms. The van der Waals surface area contributed by atoms with Gasteiger partial charge in [0.15, 0.2) is 0 Å². The Kier molecular flexibility index (Phi) is 5.86. The van der Waals surface area contributed by atoms with Gasteiger partial charge in [0.25, 0.3) is 0 Å². The van der Waals surface area contributed by atoms with Crippen molar-refractivity contribution in [1.82, 2.24) is 4.31 Å². The minimum absolute atomic E-state index is 0. The Morgan fingerprint density at radius 3 is 2.44 bits per heavy atom. The van der Waals surface area contributed by atoms with Gasteiger partial charge in [-0.25, -0.2) is 8.42 Å². The minimum atomic E-state index is -3.75. The van der Waals surface area contributed by atoms with Crippen molar-refractivity contribution in [2.75, 3.05) is 13.1 Å². The van der Waals surface area contributed by atoms with E-state index in [1.807, 2.05) is 36.4 Å². The number of sulfonamides is 1. The van der Waals surface area contributed by atoms with E-state index in [0.29, 0.717) is 12.1 Å². The molecule has 1 fully saturated rings. The topological polar surface area (TPSA) is 87.2 Å². The smallest absolute Gasteiger partial charge is 0.244 e. The lowest BCUT2D eigenvalue weighted by molar-refractivity contribution is 0.470. The van der Waals surface area contributed by atoms with Crippen LogP contribution in [0.1, 0.15) is 22.6 Å². The van der Waals surface area contributed by atoms with Crippen molar-refractivity contribution in [1.29, 1.82) is 5.26 Å². The Bertz CT molecular complexity index is 894. The van der Waals surface area contributed by atoms with Gasteiger partial charge < -0.3 is 5.73 Å². The van der Waals surface area contributed by atoms with E-state index in [-0.39, 0.29) is 41.4 Å². The van der Waals surface area contributed by atoms with Crippen molar-refractivity contribution in [2.45, 2.75) is 23.8 Å². The number of rotatable bonds is 3. The molecule has 0 unspecified atom stereocenters. The number of aryl methyl sites for hydroxylation is 1. The molecule has 1 heterocycles. The third-order valence-electron chi connectivity index (χ3n) is 4.52. The number of halogens is 1. The zero-order valence-corrected chi connectivity index (χ0v) is 15.4. The molecule has 25 heavy (non-hydrogen) atoms. The molecule has 1 aliphatic heterocycles. The van der Waals surface area contributed by atoms with E-state index >= 15 is 0 Å². The Hall–Kier alpha value is -1.91. The molecule has 0 amide bonds. The van der Waals surface area contributed by atoms with Crippen LogP contribution < -0.4 is 5.73 Å². The van der Waals surface area contributed by atoms with Crippen LogP contribution in [0.4, 0.5) is 0 Å². The van der Waals surface area contributed by atoms with Gasteiger partial charge in [0.1, 0.15) is 11.0 Å². The minimum Gasteiger partial charge on any atom is -0.326 e. The highest BCUT2D eigenvalue weighted by atomic mass is 35.5. The van der Waals surface area contributed by atoms with E-state index in [1.165, 1.54) is 10.4 Å². The molecule has 3 rings (SSSR count). The summed E-state index contributed by atoms with van der Waals surface area (Å²) in [6, 6.07) is 16.3. The van der Waals surface area contributed by atoms with E-state index in [2.05, 4.69) is 0 Å². The maximum atomic E-state index is 13.0. The van der Waals surface area contributed by atoms with Crippen molar-refractivity contribution >= 4 is 22.4 Å². The molecule has 0 saturated carbocycles. The molecule has 5 nitrogen and oxygen atoms in total. The fourth-order valence-corrected chi connectivity index (χ4v) is 4.90. The second-order valence-corrected chi connectivity index (χ2v) is 7.97. The second kappa shape index (κ2) is 7.54. The van der Waals surface area contributed by atoms with Crippen molar-refractivity contribution in [3.8, 4) is 6.07 Å². The summed E-state index contributed by atoms with van der Waals surface area (Å²) in [5.74, 6) is -0.0451. The quantitative estimate of drug-likeness (QED) is 0.889. The molecule has 0 aromatic heterocycles. The first-order chi connectivity index (χ1) is 11.4.